The summed E-state index contributed by atoms with van der Waals surface area (Å²) in [6, 6.07) is 3.79. The Morgan fingerprint density at radius 1 is 1.30 bits per heavy atom. The second kappa shape index (κ2) is 8.41. The predicted molar refractivity (Wildman–Crippen MR) is 100 cm³/mol. The van der Waals surface area contributed by atoms with Crippen LogP contribution in [0, 0.1) is 6.92 Å². The van der Waals surface area contributed by atoms with Gasteiger partial charge >= 0.3 is 12.0 Å². The molecule has 7 heteroatoms. The van der Waals surface area contributed by atoms with E-state index in [2.05, 4.69) is 5.32 Å². The minimum Gasteiger partial charge on any atom is -0.496 e. The number of benzene rings is 1. The molecule has 0 bridgehead atoms. The van der Waals surface area contributed by atoms with Gasteiger partial charge in [-0.15, -0.1) is 0 Å². The molecular formula is C20H28N2O5. The second-order valence-electron chi connectivity index (χ2n) is 6.75. The number of carbonyl (C=O) groups is 3. The lowest BCUT2D eigenvalue weighted by Crippen LogP contribution is -2.47. The van der Waals surface area contributed by atoms with E-state index in [1.807, 2.05) is 26.8 Å². The van der Waals surface area contributed by atoms with Gasteiger partial charge in [0, 0.05) is 0 Å². The zero-order valence-electron chi connectivity index (χ0n) is 16.6. The number of hydrogen-bond donors (Lipinski definition) is 1. The normalized spacial score (nSPS) is 20.4. The first-order valence-corrected chi connectivity index (χ1v) is 9.29. The molecule has 1 heterocycles. The number of aryl methyl sites for hydroxylation is 1. The highest BCUT2D eigenvalue weighted by molar-refractivity contribution is 6.09. The fourth-order valence-corrected chi connectivity index (χ4v) is 3.27. The van der Waals surface area contributed by atoms with E-state index in [-0.39, 0.29) is 6.61 Å². The third kappa shape index (κ3) is 3.77. The molecule has 1 N–H and O–H groups in total. The molecule has 3 amide bonds. The van der Waals surface area contributed by atoms with Gasteiger partial charge in [0.15, 0.2) is 0 Å². The molecule has 0 spiro atoms. The van der Waals surface area contributed by atoms with Gasteiger partial charge in [0.2, 0.25) is 0 Å². The van der Waals surface area contributed by atoms with E-state index >= 15 is 0 Å². The highest BCUT2D eigenvalue weighted by atomic mass is 16.5. The van der Waals surface area contributed by atoms with E-state index in [0.29, 0.717) is 17.7 Å². The summed E-state index contributed by atoms with van der Waals surface area (Å²) in [6.07, 6.45) is 1.99. The van der Waals surface area contributed by atoms with Crippen molar-refractivity contribution in [3.63, 3.8) is 0 Å². The Morgan fingerprint density at radius 2 is 2.00 bits per heavy atom. The van der Waals surface area contributed by atoms with Gasteiger partial charge in [-0.05, 0) is 49.9 Å². The third-order valence-electron chi connectivity index (χ3n) is 5.01. The van der Waals surface area contributed by atoms with Crippen LogP contribution < -0.4 is 10.1 Å². The Labute approximate surface area is 160 Å². The van der Waals surface area contributed by atoms with Crippen molar-refractivity contribution in [1.29, 1.82) is 0 Å². The number of methoxy groups -OCH3 is 1. The SMILES string of the molecule is CCCCOC(=O)C(C)N1C(=O)NC(CC)(c2ccc(OC)c(C)c2)C1=O. The lowest BCUT2D eigenvalue weighted by molar-refractivity contribution is -0.152. The zero-order valence-corrected chi connectivity index (χ0v) is 16.6. The van der Waals surface area contributed by atoms with E-state index < -0.39 is 29.5 Å². The van der Waals surface area contributed by atoms with E-state index in [4.69, 9.17) is 9.47 Å². The molecule has 1 aliphatic rings. The van der Waals surface area contributed by atoms with E-state index in [1.165, 1.54) is 6.92 Å². The minimum atomic E-state index is -1.20. The van der Waals surface area contributed by atoms with Crippen LogP contribution in [-0.4, -0.2) is 42.6 Å². The molecule has 148 valence electrons. The van der Waals surface area contributed by atoms with Crippen LogP contribution in [0.4, 0.5) is 4.79 Å². The van der Waals surface area contributed by atoms with Crippen LogP contribution in [-0.2, 0) is 19.9 Å². The monoisotopic (exact) mass is 376 g/mol. The molecular weight excluding hydrogens is 348 g/mol. The van der Waals surface area contributed by atoms with Gasteiger partial charge in [0.1, 0.15) is 17.3 Å². The van der Waals surface area contributed by atoms with Crippen LogP contribution >= 0.6 is 0 Å². The van der Waals surface area contributed by atoms with Gasteiger partial charge in [0.25, 0.3) is 5.91 Å². The standard InChI is InChI=1S/C20H28N2O5/c1-6-8-11-27-17(23)14(4)22-18(24)20(7-2,21-19(22)25)15-9-10-16(26-5)13(3)12-15/h9-10,12,14H,6-8,11H2,1-5H3,(H,21,25). The number of esters is 1. The average Bonchev–Trinajstić information content (AvgIpc) is 2.92. The zero-order chi connectivity index (χ0) is 20.2. The number of unbranched alkanes of at least 4 members (excludes halogenated alkanes) is 1. The molecule has 27 heavy (non-hydrogen) atoms. The Balaban J connectivity index is 2.31. The summed E-state index contributed by atoms with van der Waals surface area (Å²) in [7, 11) is 1.58. The van der Waals surface area contributed by atoms with Crippen molar-refractivity contribution in [2.45, 2.75) is 58.5 Å². The van der Waals surface area contributed by atoms with Gasteiger partial charge < -0.3 is 14.8 Å². The van der Waals surface area contributed by atoms with Gasteiger partial charge in [-0.1, -0.05) is 26.3 Å². The van der Waals surface area contributed by atoms with Crippen molar-refractivity contribution < 1.29 is 23.9 Å². The summed E-state index contributed by atoms with van der Waals surface area (Å²) in [5, 5.41) is 2.79. The largest absolute Gasteiger partial charge is 0.496 e. The van der Waals surface area contributed by atoms with Gasteiger partial charge in [-0.3, -0.25) is 4.79 Å². The molecule has 2 unspecified atom stereocenters. The maximum Gasteiger partial charge on any atom is 0.329 e. The first kappa shape index (κ1) is 20.7. The summed E-state index contributed by atoms with van der Waals surface area (Å²) in [6.45, 7) is 7.47. The van der Waals surface area contributed by atoms with Crippen LogP contribution in [0.5, 0.6) is 5.75 Å². The average molecular weight is 376 g/mol. The van der Waals surface area contributed by atoms with E-state index in [9.17, 15) is 14.4 Å². The van der Waals surface area contributed by atoms with Crippen LogP contribution in [0.15, 0.2) is 18.2 Å². The third-order valence-corrected chi connectivity index (χ3v) is 5.01. The van der Waals surface area contributed by atoms with Crippen LogP contribution in [0.25, 0.3) is 0 Å². The van der Waals surface area contributed by atoms with Crippen molar-refractivity contribution in [3.8, 4) is 5.75 Å². The summed E-state index contributed by atoms with van der Waals surface area (Å²) >= 11 is 0. The van der Waals surface area contributed by atoms with Crippen molar-refractivity contribution in [2.24, 2.45) is 0 Å². The summed E-state index contributed by atoms with van der Waals surface area (Å²) < 4.78 is 10.5. The number of rotatable bonds is 8. The highest BCUT2D eigenvalue weighted by Gasteiger charge is 2.54. The number of ether oxygens (including phenoxy) is 2. The number of urea groups is 1. The molecule has 1 aromatic rings. The Hall–Kier alpha value is -2.57. The van der Waals surface area contributed by atoms with E-state index in [0.717, 1.165) is 23.3 Å². The number of carbonyl (C=O) groups excluding carboxylic acids is 3. The Bertz CT molecular complexity index is 733. The van der Waals surface area contributed by atoms with Crippen molar-refractivity contribution in [3.05, 3.63) is 29.3 Å². The molecule has 1 aliphatic heterocycles. The smallest absolute Gasteiger partial charge is 0.329 e. The van der Waals surface area contributed by atoms with Gasteiger partial charge in [0.05, 0.1) is 13.7 Å². The number of nitrogens with one attached hydrogen (secondary N) is 1. The summed E-state index contributed by atoms with van der Waals surface area (Å²) in [5.41, 5.74) is 0.317. The quantitative estimate of drug-likeness (QED) is 0.428. The highest BCUT2D eigenvalue weighted by Crippen LogP contribution is 2.35. The fraction of sp³-hybridized carbons (Fsp3) is 0.550. The lowest BCUT2D eigenvalue weighted by atomic mass is 9.86. The van der Waals surface area contributed by atoms with Gasteiger partial charge in [-0.2, -0.15) is 0 Å². The molecule has 0 aliphatic carbocycles. The lowest BCUT2D eigenvalue weighted by Gasteiger charge is -2.27. The van der Waals surface area contributed by atoms with Crippen molar-refractivity contribution in [2.75, 3.05) is 13.7 Å². The van der Waals surface area contributed by atoms with Crippen molar-refractivity contribution in [1.82, 2.24) is 10.2 Å². The second-order valence-corrected chi connectivity index (χ2v) is 6.75. The topological polar surface area (TPSA) is 84.9 Å². The fourth-order valence-electron chi connectivity index (χ4n) is 3.27. The molecule has 7 nitrogen and oxygen atoms in total. The molecule has 1 aromatic carbocycles. The molecule has 0 radical (unpaired) electrons. The summed E-state index contributed by atoms with van der Waals surface area (Å²) in [5.74, 6) is -0.323. The van der Waals surface area contributed by atoms with Crippen LogP contribution in [0.2, 0.25) is 0 Å². The maximum atomic E-state index is 13.2. The van der Waals surface area contributed by atoms with Crippen LogP contribution in [0.3, 0.4) is 0 Å². The molecule has 0 saturated carbocycles. The van der Waals surface area contributed by atoms with Gasteiger partial charge in [-0.25, -0.2) is 14.5 Å². The molecule has 2 atom stereocenters. The first-order valence-electron chi connectivity index (χ1n) is 9.29. The number of amides is 3. The van der Waals surface area contributed by atoms with E-state index in [1.54, 1.807) is 19.2 Å². The number of nitrogens with zero attached hydrogens (tertiary/aromatic N) is 1. The first-order chi connectivity index (χ1) is 12.8. The molecule has 1 saturated heterocycles. The number of hydrogen-bond acceptors (Lipinski definition) is 5. The Morgan fingerprint density at radius 3 is 2.56 bits per heavy atom. The van der Waals surface area contributed by atoms with Crippen LogP contribution in [0.1, 0.15) is 51.2 Å². The molecule has 2 rings (SSSR count). The molecule has 1 fully saturated rings. The molecule has 0 aromatic heterocycles. The predicted octanol–water partition coefficient (Wildman–Crippen LogP) is 2.89. The summed E-state index contributed by atoms with van der Waals surface area (Å²) in [4.78, 5) is 39.0. The maximum absolute atomic E-state index is 13.2. The van der Waals surface area contributed by atoms with Crippen molar-refractivity contribution >= 4 is 17.9 Å². The minimum absolute atomic E-state index is 0.278. The number of imide groups is 1. The Kier molecular flexibility index (Phi) is 6.46.